The molecule has 34 heavy (non-hydrogen) atoms. The first kappa shape index (κ1) is 27.0. The molecule has 1 aliphatic rings. The lowest BCUT2D eigenvalue weighted by Crippen LogP contribution is -2.47. The highest BCUT2D eigenvalue weighted by molar-refractivity contribution is 5.41. The fraction of sp³-hybridized carbons (Fsp3) is 0.625. The number of rotatable bonds is 2. The molecule has 2 aromatic rings. The van der Waals surface area contributed by atoms with Gasteiger partial charge in [0, 0.05) is 5.41 Å². The number of aliphatic hydroxyl groups is 2. The average molecular weight is 465 g/mol. The summed E-state index contributed by atoms with van der Waals surface area (Å²) in [5.74, 6) is 0. The lowest BCUT2D eigenvalue weighted by atomic mass is 9.65. The molecular formula is C32H48O2. The van der Waals surface area contributed by atoms with Gasteiger partial charge in [-0.25, -0.2) is 0 Å². The Morgan fingerprint density at radius 3 is 1.24 bits per heavy atom. The quantitative estimate of drug-likeness (QED) is 0.469. The minimum absolute atomic E-state index is 0.581. The van der Waals surface area contributed by atoms with Crippen LogP contribution >= 0.6 is 0 Å². The number of aliphatic hydroxyl groups excluding tert-OH is 2. The summed E-state index contributed by atoms with van der Waals surface area (Å²) >= 11 is 0. The van der Waals surface area contributed by atoms with Crippen molar-refractivity contribution < 1.29 is 10.2 Å². The topological polar surface area (TPSA) is 40.5 Å². The van der Waals surface area contributed by atoms with Crippen molar-refractivity contribution in [3.8, 4) is 0 Å². The highest BCUT2D eigenvalue weighted by atomic mass is 16.3. The fourth-order valence-corrected chi connectivity index (χ4v) is 5.96. The van der Waals surface area contributed by atoms with Crippen molar-refractivity contribution in [2.75, 3.05) is 0 Å². The van der Waals surface area contributed by atoms with Gasteiger partial charge in [0.25, 0.3) is 0 Å². The van der Waals surface area contributed by atoms with Gasteiger partial charge in [-0.15, -0.1) is 0 Å². The first-order valence-electron chi connectivity index (χ1n) is 14.2. The van der Waals surface area contributed by atoms with Crippen LogP contribution in [0.5, 0.6) is 0 Å². The summed E-state index contributed by atoms with van der Waals surface area (Å²) in [6.45, 7) is 0. The summed E-state index contributed by atoms with van der Waals surface area (Å²) in [6.07, 6.45) is 19.1. The molecule has 2 heteroatoms. The second kappa shape index (κ2) is 15.4. The van der Waals surface area contributed by atoms with Gasteiger partial charge in [-0.1, -0.05) is 157 Å². The van der Waals surface area contributed by atoms with Crippen molar-refractivity contribution in [2.24, 2.45) is 0 Å². The van der Waals surface area contributed by atoms with Crippen LogP contribution in [0.15, 0.2) is 60.7 Å². The minimum atomic E-state index is -0.817. The van der Waals surface area contributed by atoms with E-state index in [9.17, 15) is 10.2 Å². The lowest BCUT2D eigenvalue weighted by Gasteiger charge is -2.42. The molecule has 2 N–H and O–H groups in total. The monoisotopic (exact) mass is 464 g/mol. The molecular weight excluding hydrogens is 416 g/mol. The highest BCUT2D eigenvalue weighted by Crippen LogP contribution is 2.42. The molecule has 2 unspecified atom stereocenters. The van der Waals surface area contributed by atoms with Crippen LogP contribution in [0.3, 0.4) is 0 Å². The second-order valence-electron chi connectivity index (χ2n) is 10.6. The predicted octanol–water partition coefficient (Wildman–Crippen LogP) is 8.34. The minimum Gasteiger partial charge on any atom is -0.390 e. The van der Waals surface area contributed by atoms with E-state index in [0.29, 0.717) is 6.42 Å². The summed E-state index contributed by atoms with van der Waals surface area (Å²) < 4.78 is 0. The van der Waals surface area contributed by atoms with Gasteiger partial charge in [-0.05, 0) is 24.0 Å². The number of hydrogen-bond donors (Lipinski definition) is 2. The van der Waals surface area contributed by atoms with E-state index in [1.165, 1.54) is 77.0 Å². The molecule has 3 rings (SSSR count). The molecule has 0 amide bonds. The Morgan fingerprint density at radius 1 is 0.471 bits per heavy atom. The van der Waals surface area contributed by atoms with Crippen molar-refractivity contribution in [1.29, 1.82) is 0 Å². The summed E-state index contributed by atoms with van der Waals surface area (Å²) in [6, 6.07) is 20.9. The molecule has 0 aromatic heterocycles. The maximum Gasteiger partial charge on any atom is 0.0935 e. The third-order valence-corrected chi connectivity index (χ3v) is 8.02. The third-order valence-electron chi connectivity index (χ3n) is 8.02. The van der Waals surface area contributed by atoms with E-state index in [1.807, 2.05) is 12.1 Å². The number of benzene rings is 2. The Kier molecular flexibility index (Phi) is 12.2. The van der Waals surface area contributed by atoms with Crippen molar-refractivity contribution in [3.63, 3.8) is 0 Å². The molecule has 0 bridgehead atoms. The van der Waals surface area contributed by atoms with Gasteiger partial charge >= 0.3 is 0 Å². The van der Waals surface area contributed by atoms with Crippen LogP contribution in [0.4, 0.5) is 0 Å². The van der Waals surface area contributed by atoms with E-state index in [-0.39, 0.29) is 0 Å². The Bertz CT molecular complexity index is 718. The first-order chi connectivity index (χ1) is 16.7. The maximum atomic E-state index is 11.8. The Morgan fingerprint density at radius 2 is 0.824 bits per heavy atom. The van der Waals surface area contributed by atoms with Gasteiger partial charge in [-0.3, -0.25) is 0 Å². The fourth-order valence-electron chi connectivity index (χ4n) is 5.96. The van der Waals surface area contributed by atoms with E-state index in [0.717, 1.165) is 36.8 Å². The zero-order valence-electron chi connectivity index (χ0n) is 21.3. The van der Waals surface area contributed by atoms with E-state index in [1.54, 1.807) is 0 Å². The largest absolute Gasteiger partial charge is 0.390 e. The normalized spacial score (nSPS) is 24.8. The molecule has 0 aliphatic heterocycles. The van der Waals surface area contributed by atoms with Gasteiger partial charge in [0.05, 0.1) is 12.2 Å². The van der Waals surface area contributed by atoms with Gasteiger partial charge in [0.1, 0.15) is 0 Å². The van der Waals surface area contributed by atoms with Crippen LogP contribution in [0.1, 0.15) is 120 Å². The van der Waals surface area contributed by atoms with Crippen molar-refractivity contribution in [1.82, 2.24) is 0 Å². The molecule has 0 spiro atoms. The van der Waals surface area contributed by atoms with Crippen molar-refractivity contribution in [2.45, 2.75) is 127 Å². The molecule has 2 aromatic carbocycles. The summed E-state index contributed by atoms with van der Waals surface area (Å²) in [5.41, 5.74) is 1.66. The predicted molar refractivity (Wildman–Crippen MR) is 144 cm³/mol. The molecule has 0 heterocycles. The molecule has 188 valence electrons. The molecule has 1 fully saturated rings. The van der Waals surface area contributed by atoms with Gasteiger partial charge in [0.15, 0.2) is 0 Å². The number of hydrogen-bond acceptors (Lipinski definition) is 2. The second-order valence-corrected chi connectivity index (χ2v) is 10.6. The SMILES string of the molecule is OC1CCCCCCCCCCCCCCCCCC(c2ccccc2)(c2ccccc2)C1O. The van der Waals surface area contributed by atoms with Gasteiger partial charge < -0.3 is 10.2 Å². The zero-order chi connectivity index (χ0) is 23.9. The molecule has 0 radical (unpaired) electrons. The summed E-state index contributed by atoms with van der Waals surface area (Å²) in [7, 11) is 0. The average Bonchev–Trinajstić information content (AvgIpc) is 2.88. The maximum absolute atomic E-state index is 11.8. The van der Waals surface area contributed by atoms with Crippen LogP contribution < -0.4 is 0 Å². The molecule has 2 nitrogen and oxygen atoms in total. The summed E-state index contributed by atoms with van der Waals surface area (Å²) in [5, 5.41) is 23.1. The molecule has 2 atom stereocenters. The van der Waals surface area contributed by atoms with Gasteiger partial charge in [-0.2, -0.15) is 0 Å². The van der Waals surface area contributed by atoms with Crippen LogP contribution in [0.25, 0.3) is 0 Å². The van der Waals surface area contributed by atoms with Crippen LogP contribution in [0, 0.1) is 0 Å². The Labute approximate surface area is 208 Å². The third kappa shape index (κ3) is 7.95. The molecule has 1 saturated carbocycles. The van der Waals surface area contributed by atoms with Crippen LogP contribution in [-0.2, 0) is 5.41 Å². The Hall–Kier alpha value is -1.64. The smallest absolute Gasteiger partial charge is 0.0935 e. The van der Waals surface area contributed by atoms with E-state index in [2.05, 4.69) is 48.5 Å². The van der Waals surface area contributed by atoms with Crippen LogP contribution in [-0.4, -0.2) is 22.4 Å². The van der Waals surface area contributed by atoms with Crippen molar-refractivity contribution in [3.05, 3.63) is 71.8 Å². The van der Waals surface area contributed by atoms with Crippen LogP contribution in [0.2, 0.25) is 0 Å². The van der Waals surface area contributed by atoms with E-state index < -0.39 is 17.6 Å². The van der Waals surface area contributed by atoms with E-state index in [4.69, 9.17) is 0 Å². The first-order valence-corrected chi connectivity index (χ1v) is 14.2. The van der Waals surface area contributed by atoms with Gasteiger partial charge in [0.2, 0.25) is 0 Å². The molecule has 0 saturated heterocycles. The lowest BCUT2D eigenvalue weighted by molar-refractivity contribution is -0.0286. The van der Waals surface area contributed by atoms with E-state index >= 15 is 0 Å². The van der Waals surface area contributed by atoms with Crippen molar-refractivity contribution >= 4 is 0 Å². The standard InChI is InChI=1S/C32H48O2/c33-30-26-20-12-10-8-6-4-2-1-3-5-7-9-11-13-21-27-32(31(30)34,28-22-16-14-17-23-28)29-24-18-15-19-25-29/h14-19,22-25,30-31,33-34H,1-13,20-21,26-27H2. The zero-order valence-corrected chi connectivity index (χ0v) is 21.3. The highest BCUT2D eigenvalue weighted by Gasteiger charge is 2.43. The Balaban J connectivity index is 1.81. The summed E-state index contributed by atoms with van der Waals surface area (Å²) in [4.78, 5) is 0. The molecule has 1 aliphatic carbocycles.